The van der Waals surface area contributed by atoms with Crippen LogP contribution in [0.15, 0.2) is 48.5 Å². The van der Waals surface area contributed by atoms with Crippen LogP contribution in [0.25, 0.3) is 0 Å². The molecule has 0 aliphatic heterocycles. The molecule has 5 nitrogen and oxygen atoms in total. The van der Waals surface area contributed by atoms with Crippen LogP contribution in [0, 0.1) is 0 Å². The molecule has 2 rings (SSSR count). The monoisotopic (exact) mass is 386 g/mol. The summed E-state index contributed by atoms with van der Waals surface area (Å²) in [7, 11) is -3.49. The third-order valence-corrected chi connectivity index (χ3v) is 4.76. The van der Waals surface area contributed by atoms with Crippen molar-refractivity contribution in [2.45, 2.75) is 6.42 Å². The highest BCUT2D eigenvalue weighted by Gasteiger charge is 2.18. The maximum Gasteiger partial charge on any atom is 0.232 e. The number of benzene rings is 2. The zero-order valence-electron chi connectivity index (χ0n) is 12.9. The van der Waals surface area contributed by atoms with Gasteiger partial charge in [0.05, 0.1) is 11.9 Å². The summed E-state index contributed by atoms with van der Waals surface area (Å²) in [6.45, 7) is 0.0307. The lowest BCUT2D eigenvalue weighted by Gasteiger charge is -2.22. The molecule has 2 aromatic carbocycles. The van der Waals surface area contributed by atoms with Gasteiger partial charge in [-0.2, -0.15) is 0 Å². The first-order valence-corrected chi connectivity index (χ1v) is 9.65. The first-order valence-electron chi connectivity index (χ1n) is 7.04. The van der Waals surface area contributed by atoms with Crippen molar-refractivity contribution in [1.82, 2.24) is 0 Å². The number of anilines is 2. The van der Waals surface area contributed by atoms with Gasteiger partial charge in [0.15, 0.2) is 0 Å². The number of nitrogens with one attached hydrogen (secondary N) is 1. The summed E-state index contributed by atoms with van der Waals surface area (Å²) in [4.78, 5) is 12.1. The number of para-hydroxylation sites is 1. The number of halogens is 2. The molecule has 0 saturated carbocycles. The molecule has 0 bridgehead atoms. The standard InChI is InChI=1S/C16H16Cl2N2O3S/c1-24(22,23)20(15-5-3-2-4-6-15)8-7-16(21)19-14-10-12(17)9-13(18)11-14/h2-6,9-11H,7-8H2,1H3,(H,19,21). The fourth-order valence-electron chi connectivity index (χ4n) is 2.13. The van der Waals surface area contributed by atoms with Crippen molar-refractivity contribution in [3.05, 3.63) is 58.6 Å². The van der Waals surface area contributed by atoms with Gasteiger partial charge >= 0.3 is 0 Å². The van der Waals surface area contributed by atoms with Crippen molar-refractivity contribution >= 4 is 50.5 Å². The van der Waals surface area contributed by atoms with Crippen LogP contribution in [0.1, 0.15) is 6.42 Å². The van der Waals surface area contributed by atoms with E-state index in [2.05, 4.69) is 5.32 Å². The van der Waals surface area contributed by atoms with E-state index in [0.29, 0.717) is 21.4 Å². The molecule has 0 aliphatic rings. The van der Waals surface area contributed by atoms with Crippen LogP contribution < -0.4 is 9.62 Å². The van der Waals surface area contributed by atoms with Gasteiger partial charge in [0.1, 0.15) is 0 Å². The van der Waals surface area contributed by atoms with Crippen LogP contribution in [0.3, 0.4) is 0 Å². The van der Waals surface area contributed by atoms with Crippen LogP contribution in [-0.2, 0) is 14.8 Å². The fourth-order valence-corrected chi connectivity index (χ4v) is 3.59. The van der Waals surface area contributed by atoms with Crippen LogP contribution in [0.5, 0.6) is 0 Å². The van der Waals surface area contributed by atoms with E-state index >= 15 is 0 Å². The Morgan fingerprint density at radius 1 is 1.08 bits per heavy atom. The van der Waals surface area contributed by atoms with E-state index in [1.54, 1.807) is 48.5 Å². The number of hydrogen-bond donors (Lipinski definition) is 1. The molecule has 1 N–H and O–H groups in total. The van der Waals surface area contributed by atoms with E-state index in [4.69, 9.17) is 23.2 Å². The molecule has 2 aromatic rings. The number of hydrogen-bond acceptors (Lipinski definition) is 3. The molecule has 0 radical (unpaired) electrons. The Morgan fingerprint density at radius 3 is 2.21 bits per heavy atom. The van der Waals surface area contributed by atoms with Gasteiger partial charge in [0.2, 0.25) is 15.9 Å². The maximum absolute atomic E-state index is 12.1. The highest BCUT2D eigenvalue weighted by molar-refractivity contribution is 7.92. The highest BCUT2D eigenvalue weighted by Crippen LogP contribution is 2.23. The van der Waals surface area contributed by atoms with Gasteiger partial charge in [-0.1, -0.05) is 41.4 Å². The van der Waals surface area contributed by atoms with Gasteiger partial charge < -0.3 is 5.32 Å². The predicted octanol–water partition coefficient (Wildman–Crippen LogP) is 3.79. The van der Waals surface area contributed by atoms with Crippen molar-refractivity contribution in [2.24, 2.45) is 0 Å². The Kier molecular flexibility index (Phi) is 6.10. The van der Waals surface area contributed by atoms with Crippen molar-refractivity contribution in [1.29, 1.82) is 0 Å². The van der Waals surface area contributed by atoms with E-state index < -0.39 is 10.0 Å². The molecule has 128 valence electrons. The Morgan fingerprint density at radius 2 is 1.67 bits per heavy atom. The molecule has 0 unspecified atom stereocenters. The summed E-state index contributed by atoms with van der Waals surface area (Å²) in [6, 6.07) is 13.3. The number of carbonyl (C=O) groups excluding carboxylic acids is 1. The van der Waals surface area contributed by atoms with E-state index in [1.807, 2.05) is 0 Å². The maximum atomic E-state index is 12.1. The number of amides is 1. The quantitative estimate of drug-likeness (QED) is 0.820. The SMILES string of the molecule is CS(=O)(=O)N(CCC(=O)Nc1cc(Cl)cc(Cl)c1)c1ccccc1. The van der Waals surface area contributed by atoms with E-state index in [-0.39, 0.29) is 18.9 Å². The average molecular weight is 387 g/mol. The average Bonchev–Trinajstić information content (AvgIpc) is 2.46. The van der Waals surface area contributed by atoms with E-state index in [9.17, 15) is 13.2 Å². The molecule has 0 aliphatic carbocycles. The lowest BCUT2D eigenvalue weighted by molar-refractivity contribution is -0.116. The van der Waals surface area contributed by atoms with E-state index in [0.717, 1.165) is 6.26 Å². The van der Waals surface area contributed by atoms with Crippen molar-refractivity contribution in [3.8, 4) is 0 Å². The van der Waals surface area contributed by atoms with E-state index in [1.165, 1.54) is 4.31 Å². The second-order valence-electron chi connectivity index (χ2n) is 5.13. The summed E-state index contributed by atoms with van der Waals surface area (Å²) < 4.78 is 25.1. The van der Waals surface area contributed by atoms with Gasteiger partial charge in [0.25, 0.3) is 0 Å². The molecule has 8 heteroatoms. The first-order chi connectivity index (χ1) is 11.3. The second kappa shape index (κ2) is 7.88. The Labute approximate surface area is 151 Å². The minimum Gasteiger partial charge on any atom is -0.326 e. The molecule has 0 heterocycles. The predicted molar refractivity (Wildman–Crippen MR) is 98.3 cm³/mol. The zero-order chi connectivity index (χ0) is 17.7. The minimum absolute atomic E-state index is 0.00784. The Hall–Kier alpha value is -1.76. The molecule has 0 atom stereocenters. The van der Waals surface area contributed by atoms with Crippen LogP contribution in [-0.4, -0.2) is 27.1 Å². The number of carbonyl (C=O) groups is 1. The highest BCUT2D eigenvalue weighted by atomic mass is 35.5. The normalized spacial score (nSPS) is 11.1. The zero-order valence-corrected chi connectivity index (χ0v) is 15.2. The van der Waals surface area contributed by atoms with Crippen molar-refractivity contribution in [2.75, 3.05) is 22.4 Å². The molecule has 0 aromatic heterocycles. The third kappa shape index (κ3) is 5.40. The number of nitrogens with zero attached hydrogens (tertiary/aromatic N) is 1. The molecule has 0 fully saturated rings. The number of sulfonamides is 1. The van der Waals surface area contributed by atoms with Crippen molar-refractivity contribution in [3.63, 3.8) is 0 Å². The van der Waals surface area contributed by atoms with Gasteiger partial charge in [-0.25, -0.2) is 8.42 Å². The smallest absolute Gasteiger partial charge is 0.232 e. The van der Waals surface area contributed by atoms with Crippen LogP contribution in [0.2, 0.25) is 10.0 Å². The largest absolute Gasteiger partial charge is 0.326 e. The van der Waals surface area contributed by atoms with Gasteiger partial charge in [-0.3, -0.25) is 9.10 Å². The summed E-state index contributed by atoms with van der Waals surface area (Å²) in [5, 5.41) is 3.46. The number of rotatable bonds is 6. The third-order valence-electron chi connectivity index (χ3n) is 3.13. The molecule has 24 heavy (non-hydrogen) atoms. The van der Waals surface area contributed by atoms with Gasteiger partial charge in [-0.15, -0.1) is 0 Å². The summed E-state index contributed by atoms with van der Waals surface area (Å²) >= 11 is 11.8. The molecular weight excluding hydrogens is 371 g/mol. The second-order valence-corrected chi connectivity index (χ2v) is 7.91. The topological polar surface area (TPSA) is 66.5 Å². The molecule has 1 amide bonds. The summed E-state index contributed by atoms with van der Waals surface area (Å²) in [5.74, 6) is -0.335. The fraction of sp³-hybridized carbons (Fsp3) is 0.188. The minimum atomic E-state index is -3.49. The van der Waals surface area contributed by atoms with Crippen molar-refractivity contribution < 1.29 is 13.2 Å². The lowest BCUT2D eigenvalue weighted by Crippen LogP contribution is -2.33. The Balaban J connectivity index is 2.05. The molecular formula is C16H16Cl2N2O3S. The first kappa shape index (κ1) is 18.6. The molecule has 0 saturated heterocycles. The Bertz CT molecular complexity index is 806. The van der Waals surface area contributed by atoms with Crippen LogP contribution in [0.4, 0.5) is 11.4 Å². The molecule has 0 spiro atoms. The van der Waals surface area contributed by atoms with Gasteiger partial charge in [0, 0.05) is 28.7 Å². The van der Waals surface area contributed by atoms with Gasteiger partial charge in [-0.05, 0) is 30.3 Å². The summed E-state index contributed by atoms with van der Waals surface area (Å²) in [5.41, 5.74) is 0.974. The van der Waals surface area contributed by atoms with Crippen LogP contribution >= 0.6 is 23.2 Å². The summed E-state index contributed by atoms with van der Waals surface area (Å²) in [6.07, 6.45) is 1.10. The lowest BCUT2D eigenvalue weighted by atomic mass is 10.3.